The molecule has 2 nitrogen and oxygen atoms in total. The standard InChI is InChI=1S/C18H20ClNO/c19-16-7-6-14-10-17(11-15(14)9-16)20-18(12-21)8-13-4-2-1-3-5-13/h1-7,9,17-18,20-21H,8,10-12H2. The molecule has 0 fully saturated rings. The largest absolute Gasteiger partial charge is 0.395 e. The van der Waals surface area contributed by atoms with Gasteiger partial charge in [-0.1, -0.05) is 48.0 Å². The molecule has 2 N–H and O–H groups in total. The first-order valence-corrected chi connectivity index (χ1v) is 7.80. The van der Waals surface area contributed by atoms with Crippen molar-refractivity contribution in [2.45, 2.75) is 31.3 Å². The van der Waals surface area contributed by atoms with E-state index < -0.39 is 0 Å². The summed E-state index contributed by atoms with van der Waals surface area (Å²) >= 11 is 6.05. The number of halogens is 1. The summed E-state index contributed by atoms with van der Waals surface area (Å²) in [5.74, 6) is 0. The Labute approximate surface area is 130 Å². The minimum Gasteiger partial charge on any atom is -0.395 e. The van der Waals surface area contributed by atoms with Crippen LogP contribution in [0, 0.1) is 0 Å². The highest BCUT2D eigenvalue weighted by molar-refractivity contribution is 6.30. The van der Waals surface area contributed by atoms with Crippen molar-refractivity contribution in [2.24, 2.45) is 0 Å². The van der Waals surface area contributed by atoms with Crippen LogP contribution in [0.5, 0.6) is 0 Å². The third kappa shape index (κ3) is 3.65. The van der Waals surface area contributed by atoms with E-state index in [0.717, 1.165) is 24.3 Å². The lowest BCUT2D eigenvalue weighted by molar-refractivity contribution is 0.231. The van der Waals surface area contributed by atoms with Gasteiger partial charge in [-0.2, -0.15) is 0 Å². The molecule has 1 aliphatic carbocycles. The Bertz CT molecular complexity index is 599. The van der Waals surface area contributed by atoms with Gasteiger partial charge in [-0.3, -0.25) is 0 Å². The highest BCUT2D eigenvalue weighted by Crippen LogP contribution is 2.25. The number of benzene rings is 2. The van der Waals surface area contributed by atoms with Gasteiger partial charge < -0.3 is 10.4 Å². The average molecular weight is 302 g/mol. The molecule has 3 rings (SSSR count). The second kappa shape index (κ2) is 6.61. The van der Waals surface area contributed by atoms with Crippen LogP contribution in [0.25, 0.3) is 0 Å². The monoisotopic (exact) mass is 301 g/mol. The van der Waals surface area contributed by atoms with E-state index in [2.05, 4.69) is 29.6 Å². The Balaban J connectivity index is 1.61. The molecule has 0 heterocycles. The molecule has 0 saturated heterocycles. The fraction of sp³-hybridized carbons (Fsp3) is 0.333. The van der Waals surface area contributed by atoms with Crippen LogP contribution in [0.2, 0.25) is 5.02 Å². The lowest BCUT2D eigenvalue weighted by Gasteiger charge is -2.21. The van der Waals surface area contributed by atoms with Crippen LogP contribution in [-0.2, 0) is 19.3 Å². The zero-order valence-corrected chi connectivity index (χ0v) is 12.7. The first-order chi connectivity index (χ1) is 10.2. The van der Waals surface area contributed by atoms with Gasteiger partial charge >= 0.3 is 0 Å². The van der Waals surface area contributed by atoms with Gasteiger partial charge in [-0.25, -0.2) is 0 Å². The van der Waals surface area contributed by atoms with Crippen LogP contribution in [0.4, 0.5) is 0 Å². The van der Waals surface area contributed by atoms with Crippen LogP contribution in [0.15, 0.2) is 48.5 Å². The van der Waals surface area contributed by atoms with Gasteiger partial charge in [-0.05, 0) is 48.1 Å². The van der Waals surface area contributed by atoms with Gasteiger partial charge in [0.25, 0.3) is 0 Å². The molecule has 0 amide bonds. The van der Waals surface area contributed by atoms with E-state index in [-0.39, 0.29) is 12.6 Å². The van der Waals surface area contributed by atoms with Gasteiger partial charge in [0.05, 0.1) is 6.61 Å². The van der Waals surface area contributed by atoms with Gasteiger partial charge in [0.2, 0.25) is 0 Å². The predicted molar refractivity (Wildman–Crippen MR) is 86.8 cm³/mol. The molecular weight excluding hydrogens is 282 g/mol. The molecule has 0 aliphatic heterocycles. The van der Waals surface area contributed by atoms with Crippen LogP contribution in [0.1, 0.15) is 16.7 Å². The normalized spacial score (nSPS) is 18.5. The van der Waals surface area contributed by atoms with Crippen molar-refractivity contribution >= 4 is 11.6 Å². The number of aliphatic hydroxyl groups excluding tert-OH is 1. The Morgan fingerprint density at radius 2 is 1.86 bits per heavy atom. The first-order valence-electron chi connectivity index (χ1n) is 7.42. The summed E-state index contributed by atoms with van der Waals surface area (Å²) in [6.45, 7) is 0.155. The van der Waals surface area contributed by atoms with E-state index in [1.54, 1.807) is 0 Å². The maximum Gasteiger partial charge on any atom is 0.0587 e. The summed E-state index contributed by atoms with van der Waals surface area (Å²) in [5.41, 5.74) is 3.95. The highest BCUT2D eigenvalue weighted by atomic mass is 35.5. The maximum absolute atomic E-state index is 9.63. The molecule has 2 unspecified atom stereocenters. The van der Waals surface area contributed by atoms with E-state index in [1.165, 1.54) is 16.7 Å². The quantitative estimate of drug-likeness (QED) is 0.890. The molecule has 0 aromatic heterocycles. The molecule has 0 saturated carbocycles. The van der Waals surface area contributed by atoms with E-state index >= 15 is 0 Å². The molecule has 0 bridgehead atoms. The molecule has 1 aliphatic rings. The van der Waals surface area contributed by atoms with Crippen LogP contribution in [0.3, 0.4) is 0 Å². The Kier molecular flexibility index (Phi) is 4.59. The first kappa shape index (κ1) is 14.6. The number of rotatable bonds is 5. The van der Waals surface area contributed by atoms with Gasteiger partial charge in [-0.15, -0.1) is 0 Å². The SMILES string of the molecule is OCC(Cc1ccccc1)NC1Cc2ccc(Cl)cc2C1. The summed E-state index contributed by atoms with van der Waals surface area (Å²) in [7, 11) is 0. The van der Waals surface area contributed by atoms with Crippen molar-refractivity contribution < 1.29 is 5.11 Å². The molecule has 2 aromatic rings. The number of hydrogen-bond acceptors (Lipinski definition) is 2. The zero-order valence-electron chi connectivity index (χ0n) is 11.9. The Hall–Kier alpha value is -1.35. The fourth-order valence-corrected chi connectivity index (χ4v) is 3.31. The van der Waals surface area contributed by atoms with E-state index in [9.17, 15) is 5.11 Å². The molecular formula is C18H20ClNO. The molecule has 110 valence electrons. The third-order valence-electron chi connectivity index (χ3n) is 4.12. The summed E-state index contributed by atoms with van der Waals surface area (Å²) < 4.78 is 0. The summed E-state index contributed by atoms with van der Waals surface area (Å²) in [6, 6.07) is 16.9. The Morgan fingerprint density at radius 1 is 1.10 bits per heavy atom. The third-order valence-corrected chi connectivity index (χ3v) is 4.35. The number of hydrogen-bond donors (Lipinski definition) is 2. The summed E-state index contributed by atoms with van der Waals surface area (Å²) in [6.07, 6.45) is 2.85. The molecule has 21 heavy (non-hydrogen) atoms. The van der Waals surface area contributed by atoms with Crippen molar-refractivity contribution in [1.29, 1.82) is 0 Å². The van der Waals surface area contributed by atoms with Crippen molar-refractivity contribution in [3.8, 4) is 0 Å². The molecule has 2 aromatic carbocycles. The number of aliphatic hydroxyl groups is 1. The molecule has 2 atom stereocenters. The van der Waals surface area contributed by atoms with E-state index in [4.69, 9.17) is 11.6 Å². The van der Waals surface area contributed by atoms with Gasteiger partial charge in [0, 0.05) is 17.1 Å². The highest BCUT2D eigenvalue weighted by Gasteiger charge is 2.23. The van der Waals surface area contributed by atoms with Crippen molar-refractivity contribution in [1.82, 2.24) is 5.32 Å². The van der Waals surface area contributed by atoms with E-state index in [1.807, 2.05) is 24.3 Å². The van der Waals surface area contributed by atoms with Crippen LogP contribution in [-0.4, -0.2) is 23.8 Å². The number of nitrogens with one attached hydrogen (secondary N) is 1. The Morgan fingerprint density at radius 3 is 2.62 bits per heavy atom. The van der Waals surface area contributed by atoms with Gasteiger partial charge in [0.15, 0.2) is 0 Å². The minimum atomic E-state index is 0.0992. The summed E-state index contributed by atoms with van der Waals surface area (Å²) in [4.78, 5) is 0. The van der Waals surface area contributed by atoms with Crippen molar-refractivity contribution in [2.75, 3.05) is 6.61 Å². The van der Waals surface area contributed by atoms with Crippen LogP contribution < -0.4 is 5.32 Å². The van der Waals surface area contributed by atoms with Crippen molar-refractivity contribution in [3.05, 3.63) is 70.2 Å². The number of fused-ring (bicyclic) bond motifs is 1. The topological polar surface area (TPSA) is 32.3 Å². The van der Waals surface area contributed by atoms with Gasteiger partial charge in [0.1, 0.15) is 0 Å². The molecule has 3 heteroatoms. The maximum atomic E-state index is 9.63. The smallest absolute Gasteiger partial charge is 0.0587 e. The fourth-order valence-electron chi connectivity index (χ4n) is 3.11. The van der Waals surface area contributed by atoms with E-state index in [0.29, 0.717) is 6.04 Å². The molecule has 0 spiro atoms. The molecule has 0 radical (unpaired) electrons. The van der Waals surface area contributed by atoms with Crippen LogP contribution >= 0.6 is 11.6 Å². The summed E-state index contributed by atoms with van der Waals surface area (Å²) in [5, 5.41) is 14.0. The lowest BCUT2D eigenvalue weighted by atomic mass is 10.0. The lowest BCUT2D eigenvalue weighted by Crippen LogP contribution is -2.42. The minimum absolute atomic E-state index is 0.0992. The zero-order chi connectivity index (χ0) is 14.7. The van der Waals surface area contributed by atoms with Crippen molar-refractivity contribution in [3.63, 3.8) is 0 Å². The average Bonchev–Trinajstić information content (AvgIpc) is 2.89. The predicted octanol–water partition coefficient (Wildman–Crippen LogP) is 3.00. The second-order valence-electron chi connectivity index (χ2n) is 5.75. The second-order valence-corrected chi connectivity index (χ2v) is 6.19.